The summed E-state index contributed by atoms with van der Waals surface area (Å²) in [5, 5.41) is 3.83. The van der Waals surface area contributed by atoms with E-state index in [-0.39, 0.29) is 16.4 Å². The van der Waals surface area contributed by atoms with Crippen molar-refractivity contribution in [3.05, 3.63) is 89.7 Å². The van der Waals surface area contributed by atoms with Crippen LogP contribution in [0.2, 0.25) is 0 Å². The van der Waals surface area contributed by atoms with Crippen LogP contribution in [0.1, 0.15) is 11.1 Å². The second kappa shape index (κ2) is 10.1. The van der Waals surface area contributed by atoms with Crippen LogP contribution in [0.15, 0.2) is 82.8 Å². The molecule has 0 radical (unpaired) electrons. The van der Waals surface area contributed by atoms with Gasteiger partial charge in [-0.15, -0.1) is 0 Å². The average molecular weight is 456 g/mol. The molecular weight excluding hydrogens is 433 g/mol. The van der Waals surface area contributed by atoms with Gasteiger partial charge in [0.25, 0.3) is 15.9 Å². The SMILES string of the molecule is COc1ccc(C)cc1N(CC(=O)N/N=C\c1ccc(F)cc1)S(=O)(=O)c1ccccc1. The summed E-state index contributed by atoms with van der Waals surface area (Å²) in [6.07, 6.45) is 1.33. The summed E-state index contributed by atoms with van der Waals surface area (Å²) in [6, 6.07) is 18.4. The number of carbonyl (C=O) groups is 1. The summed E-state index contributed by atoms with van der Waals surface area (Å²) in [5.41, 5.74) is 3.91. The van der Waals surface area contributed by atoms with Gasteiger partial charge in [0.2, 0.25) is 0 Å². The van der Waals surface area contributed by atoms with Gasteiger partial charge in [0.1, 0.15) is 18.1 Å². The number of halogens is 1. The van der Waals surface area contributed by atoms with E-state index in [0.717, 1.165) is 9.87 Å². The fourth-order valence-electron chi connectivity index (χ4n) is 2.91. The molecular formula is C23H22FN3O4S. The summed E-state index contributed by atoms with van der Waals surface area (Å²) in [6.45, 7) is 1.28. The Morgan fingerprint density at radius 2 is 1.78 bits per heavy atom. The molecule has 0 atom stereocenters. The molecule has 3 aromatic rings. The molecule has 0 aliphatic carbocycles. The Kier molecular flexibility index (Phi) is 7.21. The van der Waals surface area contributed by atoms with Crippen molar-refractivity contribution in [1.29, 1.82) is 0 Å². The first kappa shape index (κ1) is 23.0. The minimum absolute atomic E-state index is 0.0335. The Hall–Kier alpha value is -3.72. The molecule has 3 rings (SSSR count). The van der Waals surface area contributed by atoms with E-state index in [4.69, 9.17) is 4.74 Å². The van der Waals surface area contributed by atoms with Crippen molar-refractivity contribution in [3.8, 4) is 5.75 Å². The van der Waals surface area contributed by atoms with Crippen LogP contribution in [-0.4, -0.2) is 34.2 Å². The summed E-state index contributed by atoms with van der Waals surface area (Å²) in [5.74, 6) is -0.746. The number of benzene rings is 3. The highest BCUT2D eigenvalue weighted by atomic mass is 32.2. The number of anilines is 1. The molecule has 1 N–H and O–H groups in total. The topological polar surface area (TPSA) is 88.1 Å². The lowest BCUT2D eigenvalue weighted by atomic mass is 10.2. The number of methoxy groups -OCH3 is 1. The standard InChI is InChI=1S/C23H22FN3O4S/c1-17-8-13-22(31-2)21(14-17)27(32(29,30)20-6-4-3-5-7-20)16-23(28)26-25-15-18-9-11-19(24)12-10-18/h3-15H,16H2,1-2H3,(H,26,28)/b25-15-. The van der Waals surface area contributed by atoms with Crippen LogP contribution in [0.5, 0.6) is 5.75 Å². The van der Waals surface area contributed by atoms with Gasteiger partial charge in [-0.1, -0.05) is 36.4 Å². The van der Waals surface area contributed by atoms with Crippen LogP contribution < -0.4 is 14.5 Å². The summed E-state index contributed by atoms with van der Waals surface area (Å²) in [4.78, 5) is 12.6. The van der Waals surface area contributed by atoms with Crippen molar-refractivity contribution < 1.29 is 22.3 Å². The second-order valence-corrected chi connectivity index (χ2v) is 8.71. The van der Waals surface area contributed by atoms with Crippen molar-refractivity contribution in [2.75, 3.05) is 18.0 Å². The van der Waals surface area contributed by atoms with Gasteiger partial charge in [-0.05, 0) is 54.4 Å². The number of ether oxygens (including phenoxy) is 1. The highest BCUT2D eigenvalue weighted by molar-refractivity contribution is 7.92. The Morgan fingerprint density at radius 3 is 2.44 bits per heavy atom. The Balaban J connectivity index is 1.90. The summed E-state index contributed by atoms with van der Waals surface area (Å²) in [7, 11) is -2.66. The largest absolute Gasteiger partial charge is 0.495 e. The molecule has 9 heteroatoms. The molecule has 0 aromatic heterocycles. The number of nitrogens with one attached hydrogen (secondary N) is 1. The van der Waals surface area contributed by atoms with E-state index in [2.05, 4.69) is 10.5 Å². The molecule has 0 unspecified atom stereocenters. The van der Waals surface area contributed by atoms with E-state index >= 15 is 0 Å². The maximum atomic E-state index is 13.4. The second-order valence-electron chi connectivity index (χ2n) is 6.84. The molecule has 0 spiro atoms. The molecule has 166 valence electrons. The van der Waals surface area contributed by atoms with Crippen LogP contribution in [-0.2, 0) is 14.8 Å². The minimum Gasteiger partial charge on any atom is -0.495 e. The first-order valence-corrected chi connectivity index (χ1v) is 11.0. The molecule has 0 bridgehead atoms. The van der Waals surface area contributed by atoms with Crippen LogP contribution in [0.4, 0.5) is 10.1 Å². The zero-order valence-electron chi connectivity index (χ0n) is 17.5. The number of hydrogen-bond donors (Lipinski definition) is 1. The lowest BCUT2D eigenvalue weighted by Crippen LogP contribution is -2.39. The van der Waals surface area contributed by atoms with E-state index in [1.807, 2.05) is 6.92 Å². The summed E-state index contributed by atoms with van der Waals surface area (Å²) < 4.78 is 46.1. The highest BCUT2D eigenvalue weighted by Gasteiger charge is 2.29. The molecule has 0 heterocycles. The molecule has 3 aromatic carbocycles. The van der Waals surface area contributed by atoms with E-state index in [0.29, 0.717) is 11.3 Å². The average Bonchev–Trinajstić information content (AvgIpc) is 2.79. The van der Waals surface area contributed by atoms with Crippen molar-refractivity contribution in [2.24, 2.45) is 5.10 Å². The van der Waals surface area contributed by atoms with E-state index in [1.54, 1.807) is 36.4 Å². The number of amides is 1. The Bertz CT molecular complexity index is 1210. The highest BCUT2D eigenvalue weighted by Crippen LogP contribution is 2.33. The third-order valence-electron chi connectivity index (χ3n) is 4.49. The zero-order valence-corrected chi connectivity index (χ0v) is 18.3. The number of sulfonamides is 1. The zero-order chi connectivity index (χ0) is 23.1. The maximum absolute atomic E-state index is 13.4. The number of aryl methyl sites for hydroxylation is 1. The van der Waals surface area contributed by atoms with E-state index in [1.165, 1.54) is 49.7 Å². The monoisotopic (exact) mass is 455 g/mol. The molecule has 7 nitrogen and oxygen atoms in total. The Labute approximate surface area is 186 Å². The molecule has 1 amide bonds. The maximum Gasteiger partial charge on any atom is 0.264 e. The first-order chi connectivity index (χ1) is 15.3. The van der Waals surface area contributed by atoms with E-state index < -0.39 is 22.5 Å². The van der Waals surface area contributed by atoms with Gasteiger partial charge in [0.05, 0.1) is 23.9 Å². The van der Waals surface area contributed by atoms with Gasteiger partial charge < -0.3 is 4.74 Å². The van der Waals surface area contributed by atoms with Gasteiger partial charge in [-0.3, -0.25) is 9.10 Å². The molecule has 0 saturated carbocycles. The number of hydrogen-bond acceptors (Lipinski definition) is 5. The molecule has 32 heavy (non-hydrogen) atoms. The first-order valence-electron chi connectivity index (χ1n) is 9.61. The van der Waals surface area contributed by atoms with Crippen LogP contribution in [0.25, 0.3) is 0 Å². The van der Waals surface area contributed by atoms with E-state index in [9.17, 15) is 17.6 Å². The normalized spacial score (nSPS) is 11.3. The lowest BCUT2D eigenvalue weighted by molar-refractivity contribution is -0.119. The smallest absolute Gasteiger partial charge is 0.264 e. The van der Waals surface area contributed by atoms with Crippen LogP contribution >= 0.6 is 0 Å². The fourth-order valence-corrected chi connectivity index (χ4v) is 4.35. The fraction of sp³-hybridized carbons (Fsp3) is 0.130. The van der Waals surface area contributed by atoms with Crippen molar-refractivity contribution in [1.82, 2.24) is 5.43 Å². The third kappa shape index (κ3) is 5.50. The van der Waals surface area contributed by atoms with Gasteiger partial charge in [0, 0.05) is 0 Å². The molecule has 0 aliphatic heterocycles. The molecule has 0 fully saturated rings. The third-order valence-corrected chi connectivity index (χ3v) is 6.27. The van der Waals surface area contributed by atoms with Gasteiger partial charge >= 0.3 is 0 Å². The predicted octanol–water partition coefficient (Wildman–Crippen LogP) is 3.49. The van der Waals surface area contributed by atoms with Crippen molar-refractivity contribution >= 4 is 27.8 Å². The van der Waals surface area contributed by atoms with Crippen LogP contribution in [0, 0.1) is 12.7 Å². The molecule has 0 aliphatic rings. The van der Waals surface area contributed by atoms with Gasteiger partial charge in [-0.25, -0.2) is 18.2 Å². The number of hydrazone groups is 1. The number of carbonyl (C=O) groups excluding carboxylic acids is 1. The lowest BCUT2D eigenvalue weighted by Gasteiger charge is -2.25. The number of rotatable bonds is 8. The molecule has 0 saturated heterocycles. The Morgan fingerprint density at radius 1 is 1.09 bits per heavy atom. The summed E-state index contributed by atoms with van der Waals surface area (Å²) >= 11 is 0. The quantitative estimate of drug-likeness (QED) is 0.416. The van der Waals surface area contributed by atoms with Crippen LogP contribution in [0.3, 0.4) is 0 Å². The van der Waals surface area contributed by atoms with Gasteiger partial charge in [0.15, 0.2) is 0 Å². The van der Waals surface area contributed by atoms with Gasteiger partial charge in [-0.2, -0.15) is 5.10 Å². The number of nitrogens with zero attached hydrogens (tertiary/aromatic N) is 2. The minimum atomic E-state index is -4.08. The predicted molar refractivity (Wildman–Crippen MR) is 121 cm³/mol. The van der Waals surface area contributed by atoms with Crippen molar-refractivity contribution in [2.45, 2.75) is 11.8 Å². The van der Waals surface area contributed by atoms with Crippen molar-refractivity contribution in [3.63, 3.8) is 0 Å².